The molecular weight excluding hydrogens is 528 g/mol. The van der Waals surface area contributed by atoms with Gasteiger partial charge < -0.3 is 14.6 Å². The number of ketones is 2. The van der Waals surface area contributed by atoms with E-state index < -0.39 is 17.7 Å². The summed E-state index contributed by atoms with van der Waals surface area (Å²) in [5.41, 5.74) is 2.35. The third kappa shape index (κ3) is 5.13. The zero-order valence-electron chi connectivity index (χ0n) is 23.2. The van der Waals surface area contributed by atoms with Crippen molar-refractivity contribution >= 4 is 39.7 Å². The number of hydrogen-bond donors (Lipinski definition) is 1. The van der Waals surface area contributed by atoms with Gasteiger partial charge in [-0.05, 0) is 67.6 Å². The summed E-state index contributed by atoms with van der Waals surface area (Å²) in [4.78, 5) is 45.5. The molecule has 40 heavy (non-hydrogen) atoms. The number of amides is 1. The lowest BCUT2D eigenvalue weighted by atomic mass is 9.94. The highest BCUT2D eigenvalue weighted by Crippen LogP contribution is 2.45. The van der Waals surface area contributed by atoms with Crippen LogP contribution in [0.25, 0.3) is 5.76 Å². The van der Waals surface area contributed by atoms with Gasteiger partial charge in [0.1, 0.15) is 23.4 Å². The van der Waals surface area contributed by atoms with Gasteiger partial charge in [0, 0.05) is 18.9 Å². The first-order chi connectivity index (χ1) is 19.0. The van der Waals surface area contributed by atoms with Gasteiger partial charge in [0.15, 0.2) is 10.9 Å². The van der Waals surface area contributed by atoms with Gasteiger partial charge in [-0.15, -0.1) is 0 Å². The predicted molar refractivity (Wildman–Crippen MR) is 153 cm³/mol. The summed E-state index contributed by atoms with van der Waals surface area (Å²) in [6.07, 6.45) is 1.56. The average Bonchev–Trinajstić information content (AvgIpc) is 3.55. The Morgan fingerprint density at radius 3 is 2.70 bits per heavy atom. The minimum atomic E-state index is -0.970. The van der Waals surface area contributed by atoms with Crippen LogP contribution in [0.2, 0.25) is 0 Å². The number of carbonyl (C=O) groups is 3. The Balaban J connectivity index is 1.64. The molecule has 2 aliphatic heterocycles. The van der Waals surface area contributed by atoms with Crippen LogP contribution in [0.4, 0.5) is 5.13 Å². The number of nitrogens with zero attached hydrogens (tertiary/aromatic N) is 2. The minimum absolute atomic E-state index is 0.0139. The number of ether oxygens (including phenoxy) is 2. The Labute approximate surface area is 237 Å². The molecule has 0 saturated carbocycles. The van der Waals surface area contributed by atoms with Crippen molar-refractivity contribution in [3.8, 4) is 11.5 Å². The molecule has 1 amide bonds. The molecule has 0 unspecified atom stereocenters. The average molecular weight is 561 g/mol. The van der Waals surface area contributed by atoms with Crippen LogP contribution >= 0.6 is 11.3 Å². The topological polar surface area (TPSA) is 106 Å². The number of carbonyl (C=O) groups excluding carboxylic acids is 3. The molecular formula is C31H32N2O6S. The lowest BCUT2D eigenvalue weighted by Crippen LogP contribution is -2.29. The number of anilines is 1. The van der Waals surface area contributed by atoms with Crippen molar-refractivity contribution in [2.45, 2.75) is 59.6 Å². The lowest BCUT2D eigenvalue weighted by Gasteiger charge is -2.23. The molecule has 0 aliphatic carbocycles. The highest BCUT2D eigenvalue weighted by molar-refractivity contribution is 7.18. The summed E-state index contributed by atoms with van der Waals surface area (Å²) in [6, 6.07) is 11.5. The van der Waals surface area contributed by atoms with Gasteiger partial charge in [0.2, 0.25) is 0 Å². The zero-order chi connectivity index (χ0) is 28.7. The molecule has 2 atom stereocenters. The minimum Gasteiger partial charge on any atom is -0.507 e. The maximum atomic E-state index is 13.6. The Morgan fingerprint density at radius 1 is 1.23 bits per heavy atom. The van der Waals surface area contributed by atoms with Crippen LogP contribution in [-0.2, 0) is 16.0 Å². The van der Waals surface area contributed by atoms with E-state index in [1.165, 1.54) is 11.8 Å². The second kappa shape index (κ2) is 10.9. The molecule has 1 fully saturated rings. The van der Waals surface area contributed by atoms with Crippen LogP contribution in [0, 0.1) is 12.8 Å². The molecule has 1 aromatic heterocycles. The van der Waals surface area contributed by atoms with Gasteiger partial charge in [-0.25, -0.2) is 4.98 Å². The third-order valence-electron chi connectivity index (χ3n) is 7.06. The van der Waals surface area contributed by atoms with E-state index in [0.29, 0.717) is 46.4 Å². The number of Topliss-reactive ketones (excluding diaryl/α,β-unsaturated/α-hetero) is 2. The summed E-state index contributed by atoms with van der Waals surface area (Å²) in [7, 11) is 0. The molecule has 3 aromatic rings. The van der Waals surface area contributed by atoms with Gasteiger partial charge in [0.05, 0.1) is 28.8 Å². The largest absolute Gasteiger partial charge is 0.507 e. The number of aryl methyl sites for hydroxylation is 1. The fourth-order valence-electron chi connectivity index (χ4n) is 5.07. The number of aliphatic hydroxyl groups excluding tert-OH is 1. The molecule has 5 rings (SSSR count). The zero-order valence-corrected chi connectivity index (χ0v) is 24.0. The summed E-state index contributed by atoms with van der Waals surface area (Å²) in [5.74, 6) is -0.298. The van der Waals surface area contributed by atoms with Crippen LogP contribution in [0.15, 0.2) is 48.0 Å². The summed E-state index contributed by atoms with van der Waals surface area (Å²) in [5, 5.41) is 11.8. The quantitative estimate of drug-likeness (QED) is 0.155. The van der Waals surface area contributed by atoms with Crippen molar-refractivity contribution < 1.29 is 29.0 Å². The van der Waals surface area contributed by atoms with E-state index in [2.05, 4.69) is 18.8 Å². The first kappa shape index (κ1) is 27.6. The molecule has 3 heterocycles. The van der Waals surface area contributed by atoms with Crippen molar-refractivity contribution in [1.82, 2.24) is 4.98 Å². The highest BCUT2D eigenvalue weighted by atomic mass is 32.1. The van der Waals surface area contributed by atoms with E-state index >= 15 is 0 Å². The molecule has 2 aromatic carbocycles. The molecule has 2 aliphatic rings. The van der Waals surface area contributed by atoms with Gasteiger partial charge in [-0.3, -0.25) is 19.3 Å². The number of aromatic nitrogens is 1. The van der Waals surface area contributed by atoms with Crippen LogP contribution < -0.4 is 14.4 Å². The molecule has 1 N–H and O–H groups in total. The van der Waals surface area contributed by atoms with Crippen molar-refractivity contribution in [3.05, 3.63) is 75.3 Å². The summed E-state index contributed by atoms with van der Waals surface area (Å²) >= 11 is 1.06. The number of thiazole rings is 1. The Hall–Kier alpha value is -3.98. The van der Waals surface area contributed by atoms with Crippen LogP contribution in [0.3, 0.4) is 0 Å². The highest BCUT2D eigenvalue weighted by Gasteiger charge is 2.48. The number of rotatable bonds is 8. The van der Waals surface area contributed by atoms with E-state index in [0.717, 1.165) is 29.1 Å². The second-order valence-corrected chi connectivity index (χ2v) is 11.7. The summed E-state index contributed by atoms with van der Waals surface area (Å²) in [6.45, 7) is 9.84. The smallest absolute Gasteiger partial charge is 0.301 e. The Morgan fingerprint density at radius 2 is 2.00 bits per heavy atom. The van der Waals surface area contributed by atoms with Gasteiger partial charge >= 0.3 is 5.91 Å². The van der Waals surface area contributed by atoms with Crippen molar-refractivity contribution in [3.63, 3.8) is 0 Å². The fraction of sp³-hybridized carbons (Fsp3) is 0.355. The molecule has 0 bridgehead atoms. The van der Waals surface area contributed by atoms with E-state index in [1.807, 2.05) is 13.0 Å². The fourth-order valence-corrected chi connectivity index (χ4v) is 6.06. The summed E-state index contributed by atoms with van der Waals surface area (Å²) < 4.78 is 11.8. The molecule has 9 heteroatoms. The Kier molecular flexibility index (Phi) is 7.51. The molecule has 0 radical (unpaired) electrons. The number of fused-ring (bicyclic) bond motifs is 1. The molecule has 1 saturated heterocycles. The van der Waals surface area contributed by atoms with E-state index in [9.17, 15) is 19.5 Å². The maximum Gasteiger partial charge on any atom is 0.301 e. The van der Waals surface area contributed by atoms with Gasteiger partial charge in [0.25, 0.3) is 5.78 Å². The first-order valence-corrected chi connectivity index (χ1v) is 14.2. The molecule has 8 nitrogen and oxygen atoms in total. The van der Waals surface area contributed by atoms with Crippen molar-refractivity contribution in [1.29, 1.82) is 0 Å². The monoisotopic (exact) mass is 560 g/mol. The SMILES string of the molecule is CC(=O)c1sc(N2C(=O)C(=O)/C(=C(/O)c3ccc4c(c3)C[C@@H](C)O4)[C@H]2c2cccc(OCCC(C)C)c2)nc1C. The normalized spacial score (nSPS) is 19.7. The van der Waals surface area contributed by atoms with Crippen LogP contribution in [0.5, 0.6) is 11.5 Å². The van der Waals surface area contributed by atoms with Crippen LogP contribution in [-0.4, -0.2) is 40.3 Å². The van der Waals surface area contributed by atoms with E-state index in [-0.39, 0.29) is 28.4 Å². The third-order valence-corrected chi connectivity index (χ3v) is 8.32. The molecule has 208 valence electrons. The Bertz CT molecular complexity index is 1540. The van der Waals surface area contributed by atoms with Crippen LogP contribution in [0.1, 0.15) is 72.2 Å². The van der Waals surface area contributed by atoms with E-state index in [4.69, 9.17) is 9.47 Å². The van der Waals surface area contributed by atoms with E-state index in [1.54, 1.807) is 43.3 Å². The van der Waals surface area contributed by atoms with Crippen molar-refractivity contribution in [2.24, 2.45) is 5.92 Å². The number of benzene rings is 2. The maximum absolute atomic E-state index is 13.6. The lowest BCUT2D eigenvalue weighted by molar-refractivity contribution is -0.132. The standard InChI is InChI=1S/C31H32N2O6S/c1-16(2)11-12-38-23-8-6-7-20(15-23)26-25(27(35)21-9-10-24-22(14-21)13-17(3)39-24)28(36)30(37)33(26)31-32-18(4)29(40-31)19(5)34/h6-10,14-17,26,35H,11-13H2,1-5H3/b27-25+/t17-,26-/m1/s1. The molecule has 0 spiro atoms. The van der Waals surface area contributed by atoms with Crippen molar-refractivity contribution in [2.75, 3.05) is 11.5 Å². The predicted octanol–water partition coefficient (Wildman–Crippen LogP) is 6.03. The van der Waals surface area contributed by atoms with Gasteiger partial charge in [-0.2, -0.15) is 0 Å². The number of aliphatic hydroxyl groups is 1. The number of hydrogen-bond acceptors (Lipinski definition) is 8. The van der Waals surface area contributed by atoms with Gasteiger partial charge in [-0.1, -0.05) is 37.3 Å². The second-order valence-electron chi connectivity index (χ2n) is 10.7. The first-order valence-electron chi connectivity index (χ1n) is 13.4.